The standard InChI is InChI=1S/C21H30N2O3/c24-21(16-9-10-19-20(14-16)26-13-12-25-19)22-17-6-5-11-23(15-17)18-7-3-1-2-4-8-18/h9-10,14,17-18H,1-8,11-13,15H2,(H,22,24). The number of fused-ring (bicyclic) bond motifs is 1. The van der Waals surface area contributed by atoms with Crippen molar-refractivity contribution in [1.82, 2.24) is 10.2 Å². The Morgan fingerprint density at radius 3 is 2.54 bits per heavy atom. The smallest absolute Gasteiger partial charge is 0.251 e. The van der Waals surface area contributed by atoms with Crippen molar-refractivity contribution in [3.05, 3.63) is 23.8 Å². The first-order chi connectivity index (χ1) is 12.8. The van der Waals surface area contributed by atoms with Crippen LogP contribution in [0.2, 0.25) is 0 Å². The molecule has 1 saturated carbocycles. The van der Waals surface area contributed by atoms with Crippen LogP contribution in [0, 0.1) is 0 Å². The number of nitrogens with zero attached hydrogens (tertiary/aromatic N) is 1. The van der Waals surface area contributed by atoms with Crippen molar-refractivity contribution >= 4 is 5.91 Å². The molecule has 1 aromatic rings. The lowest BCUT2D eigenvalue weighted by molar-refractivity contribution is 0.0859. The van der Waals surface area contributed by atoms with Gasteiger partial charge in [-0.05, 0) is 50.4 Å². The van der Waals surface area contributed by atoms with Crippen LogP contribution < -0.4 is 14.8 Å². The van der Waals surface area contributed by atoms with Crippen LogP contribution in [-0.2, 0) is 0 Å². The van der Waals surface area contributed by atoms with E-state index < -0.39 is 0 Å². The molecular weight excluding hydrogens is 328 g/mol. The summed E-state index contributed by atoms with van der Waals surface area (Å²) in [5.74, 6) is 1.40. The second kappa shape index (κ2) is 8.30. The molecule has 3 aliphatic rings. The van der Waals surface area contributed by atoms with Crippen LogP contribution in [0.4, 0.5) is 0 Å². The minimum Gasteiger partial charge on any atom is -0.486 e. The van der Waals surface area contributed by atoms with E-state index >= 15 is 0 Å². The summed E-state index contributed by atoms with van der Waals surface area (Å²) in [6.07, 6.45) is 10.4. The van der Waals surface area contributed by atoms with Gasteiger partial charge in [0.15, 0.2) is 11.5 Å². The number of likely N-dealkylation sites (tertiary alicyclic amines) is 1. The Kier molecular flexibility index (Phi) is 5.63. The third kappa shape index (κ3) is 4.14. The molecule has 2 fully saturated rings. The number of ether oxygens (including phenoxy) is 2. The lowest BCUT2D eigenvalue weighted by Crippen LogP contribution is -2.50. The SMILES string of the molecule is O=C(NC1CCCN(C2CCCCCC2)C1)c1ccc2c(c1)OCCO2. The zero-order valence-corrected chi connectivity index (χ0v) is 15.5. The summed E-state index contributed by atoms with van der Waals surface area (Å²) < 4.78 is 11.1. The molecule has 1 atom stereocenters. The molecule has 1 saturated heterocycles. The molecule has 1 N–H and O–H groups in total. The monoisotopic (exact) mass is 358 g/mol. The van der Waals surface area contributed by atoms with Gasteiger partial charge in [0.1, 0.15) is 13.2 Å². The fourth-order valence-electron chi connectivity index (χ4n) is 4.53. The van der Waals surface area contributed by atoms with Crippen LogP contribution in [0.3, 0.4) is 0 Å². The Morgan fingerprint density at radius 2 is 1.73 bits per heavy atom. The fraction of sp³-hybridized carbons (Fsp3) is 0.667. The second-order valence-electron chi connectivity index (χ2n) is 7.81. The molecule has 1 aliphatic carbocycles. The molecule has 0 radical (unpaired) electrons. The Bertz CT molecular complexity index is 626. The van der Waals surface area contributed by atoms with Crippen LogP contribution in [0.15, 0.2) is 18.2 Å². The summed E-state index contributed by atoms with van der Waals surface area (Å²) >= 11 is 0. The zero-order chi connectivity index (χ0) is 17.8. The van der Waals surface area contributed by atoms with Crippen LogP contribution in [0.1, 0.15) is 61.7 Å². The van der Waals surface area contributed by atoms with Crippen LogP contribution in [0.5, 0.6) is 11.5 Å². The van der Waals surface area contributed by atoms with Crippen molar-refractivity contribution in [1.29, 1.82) is 0 Å². The Morgan fingerprint density at radius 1 is 0.962 bits per heavy atom. The van der Waals surface area contributed by atoms with Crippen LogP contribution in [-0.4, -0.2) is 49.2 Å². The number of carbonyl (C=O) groups excluding carboxylic acids is 1. The molecule has 2 heterocycles. The van der Waals surface area contributed by atoms with Gasteiger partial charge in [0.25, 0.3) is 5.91 Å². The Labute approximate surface area is 156 Å². The van der Waals surface area contributed by atoms with Crippen molar-refractivity contribution < 1.29 is 14.3 Å². The van der Waals surface area contributed by atoms with Crippen molar-refractivity contribution in [2.45, 2.75) is 63.5 Å². The van der Waals surface area contributed by atoms with E-state index in [2.05, 4.69) is 10.2 Å². The minimum atomic E-state index is -0.00492. The highest BCUT2D eigenvalue weighted by molar-refractivity contribution is 5.95. The molecule has 4 rings (SSSR count). The van der Waals surface area contributed by atoms with Gasteiger partial charge < -0.3 is 14.8 Å². The van der Waals surface area contributed by atoms with Crippen LogP contribution >= 0.6 is 0 Å². The maximum Gasteiger partial charge on any atom is 0.251 e. The van der Waals surface area contributed by atoms with E-state index in [9.17, 15) is 4.79 Å². The van der Waals surface area contributed by atoms with Gasteiger partial charge in [0.05, 0.1) is 0 Å². The van der Waals surface area contributed by atoms with Crippen molar-refractivity contribution in [3.63, 3.8) is 0 Å². The maximum absolute atomic E-state index is 12.7. The lowest BCUT2D eigenvalue weighted by atomic mass is 9.99. The number of hydrogen-bond acceptors (Lipinski definition) is 4. The first-order valence-corrected chi connectivity index (χ1v) is 10.2. The number of nitrogens with one attached hydrogen (secondary N) is 1. The molecule has 0 spiro atoms. The molecule has 1 aromatic carbocycles. The Balaban J connectivity index is 1.36. The summed E-state index contributed by atoms with van der Waals surface area (Å²) in [6.45, 7) is 3.27. The topological polar surface area (TPSA) is 50.8 Å². The summed E-state index contributed by atoms with van der Waals surface area (Å²) in [5.41, 5.74) is 0.654. The second-order valence-corrected chi connectivity index (χ2v) is 7.81. The molecule has 142 valence electrons. The quantitative estimate of drug-likeness (QED) is 0.842. The van der Waals surface area contributed by atoms with Gasteiger partial charge in [0, 0.05) is 24.2 Å². The van der Waals surface area contributed by atoms with E-state index in [0.717, 1.165) is 18.7 Å². The average molecular weight is 358 g/mol. The molecule has 2 aliphatic heterocycles. The number of carbonyl (C=O) groups is 1. The summed E-state index contributed by atoms with van der Waals surface area (Å²) in [5, 5.41) is 3.25. The highest BCUT2D eigenvalue weighted by atomic mass is 16.6. The molecule has 1 amide bonds. The van der Waals surface area contributed by atoms with Gasteiger partial charge in [-0.2, -0.15) is 0 Å². The lowest BCUT2D eigenvalue weighted by Gasteiger charge is -2.38. The normalized spacial score (nSPS) is 24.7. The van der Waals surface area contributed by atoms with E-state index in [1.807, 2.05) is 12.1 Å². The number of piperidine rings is 1. The number of benzene rings is 1. The number of rotatable bonds is 3. The van der Waals surface area contributed by atoms with Crippen molar-refractivity contribution in [2.75, 3.05) is 26.3 Å². The molecule has 5 heteroatoms. The highest BCUT2D eigenvalue weighted by Crippen LogP contribution is 2.31. The molecule has 0 aromatic heterocycles. The zero-order valence-electron chi connectivity index (χ0n) is 15.5. The Hall–Kier alpha value is -1.75. The predicted octanol–water partition coefficient (Wildman–Crippen LogP) is 3.37. The summed E-state index contributed by atoms with van der Waals surface area (Å²) in [4.78, 5) is 15.3. The highest BCUT2D eigenvalue weighted by Gasteiger charge is 2.27. The maximum atomic E-state index is 12.7. The molecular formula is C21H30N2O3. The first-order valence-electron chi connectivity index (χ1n) is 10.2. The van der Waals surface area contributed by atoms with Gasteiger partial charge in [0.2, 0.25) is 0 Å². The van der Waals surface area contributed by atoms with Crippen molar-refractivity contribution in [2.24, 2.45) is 0 Å². The molecule has 26 heavy (non-hydrogen) atoms. The average Bonchev–Trinajstić information content (AvgIpc) is 2.97. The van der Waals surface area contributed by atoms with Gasteiger partial charge in [-0.15, -0.1) is 0 Å². The van der Waals surface area contributed by atoms with Gasteiger partial charge >= 0.3 is 0 Å². The third-order valence-corrected chi connectivity index (χ3v) is 5.93. The summed E-state index contributed by atoms with van der Waals surface area (Å²) in [6, 6.07) is 6.42. The van der Waals surface area contributed by atoms with Crippen LogP contribution in [0.25, 0.3) is 0 Å². The van der Waals surface area contributed by atoms with E-state index in [0.29, 0.717) is 30.6 Å². The van der Waals surface area contributed by atoms with Gasteiger partial charge in [-0.1, -0.05) is 25.7 Å². The molecule has 0 bridgehead atoms. The summed E-state index contributed by atoms with van der Waals surface area (Å²) in [7, 11) is 0. The third-order valence-electron chi connectivity index (χ3n) is 5.93. The largest absolute Gasteiger partial charge is 0.486 e. The molecule has 1 unspecified atom stereocenters. The van der Waals surface area contributed by atoms with Crippen molar-refractivity contribution in [3.8, 4) is 11.5 Å². The van der Waals surface area contributed by atoms with Gasteiger partial charge in [-0.3, -0.25) is 9.69 Å². The van der Waals surface area contributed by atoms with E-state index in [1.165, 1.54) is 51.5 Å². The minimum absolute atomic E-state index is 0.00492. The molecule has 5 nitrogen and oxygen atoms in total. The number of amides is 1. The predicted molar refractivity (Wildman–Crippen MR) is 101 cm³/mol. The number of hydrogen-bond donors (Lipinski definition) is 1. The van der Waals surface area contributed by atoms with E-state index in [-0.39, 0.29) is 11.9 Å². The van der Waals surface area contributed by atoms with Gasteiger partial charge in [-0.25, -0.2) is 0 Å². The van der Waals surface area contributed by atoms with E-state index in [1.54, 1.807) is 6.07 Å². The first kappa shape index (κ1) is 17.7. The van der Waals surface area contributed by atoms with E-state index in [4.69, 9.17) is 9.47 Å². The fourth-order valence-corrected chi connectivity index (χ4v) is 4.53.